The third-order valence-electron chi connectivity index (χ3n) is 2.84. The molecular formula is C13H10O2. The lowest BCUT2D eigenvalue weighted by atomic mass is 9.90. The van der Waals surface area contributed by atoms with E-state index in [1.807, 2.05) is 24.3 Å². The van der Waals surface area contributed by atoms with E-state index in [2.05, 4.69) is 6.07 Å². The summed E-state index contributed by atoms with van der Waals surface area (Å²) < 4.78 is 5.27. The zero-order valence-corrected chi connectivity index (χ0v) is 8.19. The fourth-order valence-electron chi connectivity index (χ4n) is 2.10. The van der Waals surface area contributed by atoms with E-state index in [0.29, 0.717) is 0 Å². The molecule has 0 aliphatic heterocycles. The van der Waals surface area contributed by atoms with Gasteiger partial charge in [-0.2, -0.15) is 0 Å². The third-order valence-corrected chi connectivity index (χ3v) is 2.84. The maximum absolute atomic E-state index is 11.2. The van der Waals surface area contributed by atoms with Crippen molar-refractivity contribution >= 4 is 0 Å². The predicted molar refractivity (Wildman–Crippen MR) is 57.8 cm³/mol. The van der Waals surface area contributed by atoms with Crippen LogP contribution < -0.4 is 5.63 Å². The summed E-state index contributed by atoms with van der Waals surface area (Å²) in [4.78, 5) is 11.2. The molecule has 0 spiro atoms. The van der Waals surface area contributed by atoms with E-state index in [4.69, 9.17) is 4.42 Å². The highest BCUT2D eigenvalue weighted by Gasteiger charge is 2.17. The first kappa shape index (κ1) is 8.48. The summed E-state index contributed by atoms with van der Waals surface area (Å²) in [7, 11) is 0. The fourth-order valence-corrected chi connectivity index (χ4v) is 2.10. The van der Waals surface area contributed by atoms with Crippen LogP contribution in [0, 0.1) is 0 Å². The average Bonchev–Trinajstić information content (AvgIpc) is 2.29. The Bertz CT molecular complexity index is 567. The molecule has 0 atom stereocenters. The molecule has 0 N–H and O–H groups in total. The molecule has 0 fully saturated rings. The smallest absolute Gasteiger partial charge is 0.336 e. The van der Waals surface area contributed by atoms with Crippen LogP contribution in [0.3, 0.4) is 0 Å². The lowest BCUT2D eigenvalue weighted by molar-refractivity contribution is 0.515. The van der Waals surface area contributed by atoms with Crippen molar-refractivity contribution in [2.45, 2.75) is 12.8 Å². The van der Waals surface area contributed by atoms with Gasteiger partial charge in [0.15, 0.2) is 0 Å². The molecule has 1 aromatic heterocycles. The standard InChI is InChI=1S/C13H10O2/c14-12-8-7-10-6-5-9-3-1-2-4-11(9)13(10)15-12/h1-4,7-8H,5-6H2. The third kappa shape index (κ3) is 1.30. The second-order valence-corrected chi connectivity index (χ2v) is 3.77. The summed E-state index contributed by atoms with van der Waals surface area (Å²) in [5.41, 5.74) is 3.19. The minimum absolute atomic E-state index is 0.273. The molecule has 2 aromatic rings. The molecule has 1 aromatic carbocycles. The molecule has 3 rings (SSSR count). The highest BCUT2D eigenvalue weighted by molar-refractivity contribution is 5.67. The fraction of sp³-hybridized carbons (Fsp3) is 0.154. The van der Waals surface area contributed by atoms with Gasteiger partial charge in [-0.25, -0.2) is 4.79 Å². The predicted octanol–water partition coefficient (Wildman–Crippen LogP) is 2.41. The minimum atomic E-state index is -0.273. The van der Waals surface area contributed by atoms with Gasteiger partial charge in [0.2, 0.25) is 0 Å². The summed E-state index contributed by atoms with van der Waals surface area (Å²) in [5, 5.41) is 0. The van der Waals surface area contributed by atoms with Crippen molar-refractivity contribution in [2.24, 2.45) is 0 Å². The first-order valence-electron chi connectivity index (χ1n) is 5.06. The van der Waals surface area contributed by atoms with Crippen LogP contribution in [-0.2, 0) is 12.8 Å². The minimum Gasteiger partial charge on any atom is -0.422 e. The highest BCUT2D eigenvalue weighted by Crippen LogP contribution is 2.31. The van der Waals surface area contributed by atoms with Crippen molar-refractivity contribution in [1.82, 2.24) is 0 Å². The van der Waals surface area contributed by atoms with Gasteiger partial charge in [0.1, 0.15) is 5.76 Å². The Hall–Kier alpha value is -1.83. The number of benzene rings is 1. The van der Waals surface area contributed by atoms with E-state index in [9.17, 15) is 4.79 Å². The summed E-state index contributed by atoms with van der Waals surface area (Å²) >= 11 is 0. The van der Waals surface area contributed by atoms with Crippen LogP contribution in [0.2, 0.25) is 0 Å². The molecule has 15 heavy (non-hydrogen) atoms. The molecule has 0 saturated carbocycles. The molecule has 1 aliphatic carbocycles. The first-order chi connectivity index (χ1) is 7.34. The molecule has 1 aliphatic rings. The van der Waals surface area contributed by atoms with E-state index >= 15 is 0 Å². The first-order valence-corrected chi connectivity index (χ1v) is 5.06. The van der Waals surface area contributed by atoms with E-state index in [1.54, 1.807) is 0 Å². The molecule has 0 saturated heterocycles. The van der Waals surface area contributed by atoms with Crippen LogP contribution in [0.5, 0.6) is 0 Å². The van der Waals surface area contributed by atoms with Gasteiger partial charge in [-0.1, -0.05) is 24.3 Å². The van der Waals surface area contributed by atoms with Gasteiger partial charge in [-0.05, 0) is 30.0 Å². The second-order valence-electron chi connectivity index (χ2n) is 3.77. The van der Waals surface area contributed by atoms with Crippen molar-refractivity contribution in [3.63, 3.8) is 0 Å². The van der Waals surface area contributed by atoms with Gasteiger partial charge in [0.05, 0.1) is 0 Å². The Kier molecular flexibility index (Phi) is 1.75. The van der Waals surface area contributed by atoms with Crippen molar-refractivity contribution in [3.05, 3.63) is 57.9 Å². The molecule has 0 bridgehead atoms. The lowest BCUT2D eigenvalue weighted by Gasteiger charge is -2.16. The lowest BCUT2D eigenvalue weighted by Crippen LogP contribution is -2.07. The topological polar surface area (TPSA) is 30.2 Å². The zero-order chi connectivity index (χ0) is 10.3. The van der Waals surface area contributed by atoms with Gasteiger partial charge < -0.3 is 4.42 Å². The van der Waals surface area contributed by atoms with E-state index in [-0.39, 0.29) is 5.63 Å². The van der Waals surface area contributed by atoms with Gasteiger partial charge in [0, 0.05) is 11.6 Å². The van der Waals surface area contributed by atoms with Crippen molar-refractivity contribution in [2.75, 3.05) is 0 Å². The van der Waals surface area contributed by atoms with Crippen LogP contribution in [-0.4, -0.2) is 0 Å². The van der Waals surface area contributed by atoms with Crippen molar-refractivity contribution in [1.29, 1.82) is 0 Å². The van der Waals surface area contributed by atoms with Crippen LogP contribution >= 0.6 is 0 Å². The number of hydrogen-bond acceptors (Lipinski definition) is 2. The molecule has 0 unspecified atom stereocenters. The van der Waals surface area contributed by atoms with Crippen LogP contribution in [0.4, 0.5) is 0 Å². The zero-order valence-electron chi connectivity index (χ0n) is 8.19. The second kappa shape index (κ2) is 3.09. The molecule has 0 amide bonds. The molecule has 2 heteroatoms. The maximum atomic E-state index is 11.2. The van der Waals surface area contributed by atoms with Gasteiger partial charge in [0.25, 0.3) is 0 Å². The van der Waals surface area contributed by atoms with Crippen molar-refractivity contribution < 1.29 is 4.42 Å². The molecule has 2 nitrogen and oxygen atoms in total. The average molecular weight is 198 g/mol. The number of hydrogen-bond donors (Lipinski definition) is 0. The van der Waals surface area contributed by atoms with Gasteiger partial charge >= 0.3 is 5.63 Å². The number of rotatable bonds is 0. The van der Waals surface area contributed by atoms with Crippen LogP contribution in [0.15, 0.2) is 45.6 Å². The van der Waals surface area contributed by atoms with E-state index in [1.165, 1.54) is 11.6 Å². The Balaban J connectivity index is 2.33. The van der Waals surface area contributed by atoms with Gasteiger partial charge in [-0.15, -0.1) is 0 Å². The summed E-state index contributed by atoms with van der Waals surface area (Å²) in [6, 6.07) is 11.5. The molecule has 74 valence electrons. The SMILES string of the molecule is O=c1ccc2c(o1)-c1ccccc1CC2. The number of fused-ring (bicyclic) bond motifs is 3. The van der Waals surface area contributed by atoms with E-state index < -0.39 is 0 Å². The quantitative estimate of drug-likeness (QED) is 0.650. The maximum Gasteiger partial charge on any atom is 0.336 e. The van der Waals surface area contributed by atoms with E-state index in [0.717, 1.165) is 29.7 Å². The number of aryl methyl sites for hydroxylation is 2. The van der Waals surface area contributed by atoms with Crippen LogP contribution in [0.1, 0.15) is 11.1 Å². The Morgan fingerprint density at radius 2 is 1.73 bits per heavy atom. The normalized spacial score (nSPS) is 13.1. The molecule has 1 heterocycles. The summed E-state index contributed by atoms with van der Waals surface area (Å²) in [6.45, 7) is 0. The van der Waals surface area contributed by atoms with Crippen molar-refractivity contribution in [3.8, 4) is 11.3 Å². The Labute approximate surface area is 87.2 Å². The summed E-state index contributed by atoms with van der Waals surface area (Å²) in [6.07, 6.45) is 1.98. The Morgan fingerprint density at radius 1 is 0.933 bits per heavy atom. The van der Waals surface area contributed by atoms with Gasteiger partial charge in [-0.3, -0.25) is 0 Å². The Morgan fingerprint density at radius 3 is 2.67 bits per heavy atom. The highest BCUT2D eigenvalue weighted by atomic mass is 16.4. The summed E-state index contributed by atoms with van der Waals surface area (Å²) in [5.74, 6) is 0.754. The largest absolute Gasteiger partial charge is 0.422 e. The monoisotopic (exact) mass is 198 g/mol. The van der Waals surface area contributed by atoms with Crippen LogP contribution in [0.25, 0.3) is 11.3 Å². The molecular weight excluding hydrogens is 188 g/mol. The molecule has 0 radical (unpaired) electrons.